The fraction of sp³-hybridized carbons (Fsp3) is 0.538. The maximum Gasteiger partial charge on any atom is 0.0692 e. The van der Waals surface area contributed by atoms with E-state index in [1.165, 1.54) is 24.0 Å². The first kappa shape index (κ1) is 12.1. The molecule has 1 unspecified atom stereocenters. The highest BCUT2D eigenvalue weighted by Gasteiger charge is 2.29. The van der Waals surface area contributed by atoms with Crippen molar-refractivity contribution in [1.82, 2.24) is 5.32 Å². The van der Waals surface area contributed by atoms with Crippen molar-refractivity contribution in [2.24, 2.45) is 5.92 Å². The minimum atomic E-state index is -0.163. The number of aliphatic hydroxyl groups excluding tert-OH is 1. The summed E-state index contributed by atoms with van der Waals surface area (Å²) in [5.41, 5.74) is 2.50. The fourth-order valence-electron chi connectivity index (χ4n) is 1.80. The molecule has 1 fully saturated rings. The maximum atomic E-state index is 9.71. The van der Waals surface area contributed by atoms with Crippen molar-refractivity contribution in [2.75, 3.05) is 6.54 Å². The summed E-state index contributed by atoms with van der Waals surface area (Å²) in [6.07, 6.45) is 2.22. The molecule has 0 amide bonds. The highest BCUT2D eigenvalue weighted by Crippen LogP contribution is 2.32. The summed E-state index contributed by atoms with van der Waals surface area (Å²) >= 11 is 3.55. The van der Waals surface area contributed by atoms with Gasteiger partial charge in [-0.1, -0.05) is 28.1 Å². The van der Waals surface area contributed by atoms with Crippen LogP contribution in [0.3, 0.4) is 0 Å². The molecule has 1 atom stereocenters. The second-order valence-corrected chi connectivity index (χ2v) is 5.48. The largest absolute Gasteiger partial charge is 0.392 e. The number of rotatable bonds is 5. The number of aryl methyl sites for hydroxylation is 1. The van der Waals surface area contributed by atoms with Crippen LogP contribution in [0.5, 0.6) is 0 Å². The fourth-order valence-corrected chi connectivity index (χ4v) is 2.43. The molecular formula is C13H18BrNO. The summed E-state index contributed by atoms with van der Waals surface area (Å²) in [6, 6.07) is 6.35. The molecule has 3 heteroatoms. The summed E-state index contributed by atoms with van der Waals surface area (Å²) in [5, 5.41) is 13.0. The molecule has 0 aromatic heterocycles. The number of nitrogens with one attached hydrogen (secondary N) is 1. The van der Waals surface area contributed by atoms with Crippen LogP contribution in [0.2, 0.25) is 0 Å². The van der Waals surface area contributed by atoms with Gasteiger partial charge in [-0.3, -0.25) is 0 Å². The Bertz CT molecular complexity index is 363. The van der Waals surface area contributed by atoms with Gasteiger partial charge in [0.15, 0.2) is 0 Å². The Morgan fingerprint density at radius 3 is 2.88 bits per heavy atom. The molecule has 0 spiro atoms. The van der Waals surface area contributed by atoms with Crippen molar-refractivity contribution in [3.8, 4) is 0 Å². The van der Waals surface area contributed by atoms with Gasteiger partial charge in [0.25, 0.3) is 0 Å². The molecule has 88 valence electrons. The molecule has 1 aliphatic carbocycles. The van der Waals surface area contributed by atoms with Gasteiger partial charge in [-0.05, 0) is 42.9 Å². The number of hydrogen-bond donors (Lipinski definition) is 2. The molecule has 0 bridgehead atoms. The zero-order valence-electron chi connectivity index (χ0n) is 9.54. The second-order valence-electron chi connectivity index (χ2n) is 4.63. The summed E-state index contributed by atoms with van der Waals surface area (Å²) < 4.78 is 1.14. The Morgan fingerprint density at radius 1 is 1.50 bits per heavy atom. The van der Waals surface area contributed by atoms with Crippen LogP contribution in [0.4, 0.5) is 0 Å². The van der Waals surface area contributed by atoms with Crippen molar-refractivity contribution in [2.45, 2.75) is 32.4 Å². The van der Waals surface area contributed by atoms with Crippen LogP contribution in [0, 0.1) is 12.8 Å². The number of aliphatic hydroxyl groups is 1. The van der Waals surface area contributed by atoms with E-state index in [0.29, 0.717) is 12.5 Å². The van der Waals surface area contributed by atoms with E-state index in [4.69, 9.17) is 0 Å². The minimum absolute atomic E-state index is 0.163. The van der Waals surface area contributed by atoms with Crippen LogP contribution < -0.4 is 5.32 Å². The van der Waals surface area contributed by atoms with Crippen LogP contribution in [-0.2, 0) is 6.54 Å². The zero-order valence-corrected chi connectivity index (χ0v) is 11.1. The molecule has 2 rings (SSSR count). The normalized spacial score (nSPS) is 17.4. The Hall–Kier alpha value is -0.380. The van der Waals surface area contributed by atoms with Crippen molar-refractivity contribution in [3.63, 3.8) is 0 Å². The Balaban J connectivity index is 1.80. The van der Waals surface area contributed by atoms with Gasteiger partial charge < -0.3 is 10.4 Å². The van der Waals surface area contributed by atoms with Crippen LogP contribution in [0.25, 0.3) is 0 Å². The zero-order chi connectivity index (χ0) is 11.5. The van der Waals surface area contributed by atoms with E-state index < -0.39 is 0 Å². The van der Waals surface area contributed by atoms with Gasteiger partial charge in [0.1, 0.15) is 0 Å². The van der Waals surface area contributed by atoms with E-state index in [2.05, 4.69) is 46.4 Å². The van der Waals surface area contributed by atoms with Crippen molar-refractivity contribution >= 4 is 15.9 Å². The van der Waals surface area contributed by atoms with E-state index in [9.17, 15) is 5.11 Å². The van der Waals surface area contributed by atoms with Crippen molar-refractivity contribution in [1.29, 1.82) is 0 Å². The van der Waals surface area contributed by atoms with Gasteiger partial charge in [-0.15, -0.1) is 0 Å². The number of benzene rings is 1. The Morgan fingerprint density at radius 2 is 2.25 bits per heavy atom. The summed E-state index contributed by atoms with van der Waals surface area (Å²) in [4.78, 5) is 0. The summed E-state index contributed by atoms with van der Waals surface area (Å²) in [5.74, 6) is 0.550. The van der Waals surface area contributed by atoms with E-state index in [1.54, 1.807) is 0 Å². The molecule has 0 heterocycles. The number of halogens is 1. The maximum absolute atomic E-state index is 9.71. The quantitative estimate of drug-likeness (QED) is 0.871. The predicted octanol–water partition coefficient (Wildman–Crippen LogP) is 2.62. The molecule has 0 aliphatic heterocycles. The van der Waals surface area contributed by atoms with E-state index >= 15 is 0 Å². The van der Waals surface area contributed by atoms with Crippen LogP contribution in [-0.4, -0.2) is 17.8 Å². The van der Waals surface area contributed by atoms with Gasteiger partial charge in [0.05, 0.1) is 6.10 Å². The van der Waals surface area contributed by atoms with Crippen molar-refractivity contribution in [3.05, 3.63) is 33.8 Å². The van der Waals surface area contributed by atoms with Crippen LogP contribution >= 0.6 is 15.9 Å². The predicted molar refractivity (Wildman–Crippen MR) is 69.3 cm³/mol. The van der Waals surface area contributed by atoms with Crippen LogP contribution in [0.15, 0.2) is 22.7 Å². The third-order valence-electron chi connectivity index (χ3n) is 3.04. The average molecular weight is 284 g/mol. The van der Waals surface area contributed by atoms with E-state index in [0.717, 1.165) is 11.0 Å². The van der Waals surface area contributed by atoms with Crippen molar-refractivity contribution < 1.29 is 5.11 Å². The minimum Gasteiger partial charge on any atom is -0.392 e. The lowest BCUT2D eigenvalue weighted by molar-refractivity contribution is 0.148. The lowest BCUT2D eigenvalue weighted by atomic mass is 10.1. The Kier molecular flexibility index (Phi) is 4.00. The smallest absolute Gasteiger partial charge is 0.0692 e. The topological polar surface area (TPSA) is 32.3 Å². The molecule has 1 aromatic carbocycles. The number of hydrogen-bond acceptors (Lipinski definition) is 2. The molecule has 2 nitrogen and oxygen atoms in total. The van der Waals surface area contributed by atoms with E-state index in [1.807, 2.05) is 0 Å². The SMILES string of the molecule is Cc1ccc(CNCC(O)C2CC2)c(Br)c1. The standard InChI is InChI=1S/C13H18BrNO/c1-9-2-3-11(12(14)6-9)7-15-8-13(16)10-4-5-10/h2-3,6,10,13,15-16H,4-5,7-8H2,1H3. The molecule has 0 saturated heterocycles. The highest BCUT2D eigenvalue weighted by atomic mass is 79.9. The monoisotopic (exact) mass is 283 g/mol. The third kappa shape index (κ3) is 3.30. The first-order valence-corrected chi connectivity index (χ1v) is 6.60. The Labute approximate surface area is 105 Å². The van der Waals surface area contributed by atoms with Gasteiger partial charge in [-0.2, -0.15) is 0 Å². The highest BCUT2D eigenvalue weighted by molar-refractivity contribution is 9.10. The molecule has 2 N–H and O–H groups in total. The molecule has 1 aliphatic rings. The molecule has 0 radical (unpaired) electrons. The molecule has 1 saturated carbocycles. The molecule has 16 heavy (non-hydrogen) atoms. The first-order chi connectivity index (χ1) is 7.66. The van der Waals surface area contributed by atoms with Gasteiger partial charge in [0.2, 0.25) is 0 Å². The molecule has 1 aromatic rings. The first-order valence-electron chi connectivity index (χ1n) is 5.80. The summed E-state index contributed by atoms with van der Waals surface area (Å²) in [6.45, 7) is 3.59. The van der Waals surface area contributed by atoms with Gasteiger partial charge >= 0.3 is 0 Å². The lowest BCUT2D eigenvalue weighted by Crippen LogP contribution is -2.27. The second kappa shape index (κ2) is 5.30. The third-order valence-corrected chi connectivity index (χ3v) is 3.78. The van der Waals surface area contributed by atoms with E-state index in [-0.39, 0.29) is 6.10 Å². The molecular weight excluding hydrogens is 266 g/mol. The van der Waals surface area contributed by atoms with Gasteiger partial charge in [0, 0.05) is 17.6 Å². The summed E-state index contributed by atoms with van der Waals surface area (Å²) in [7, 11) is 0. The average Bonchev–Trinajstić information content (AvgIpc) is 3.04. The lowest BCUT2D eigenvalue weighted by Gasteiger charge is -2.11. The van der Waals surface area contributed by atoms with Gasteiger partial charge in [-0.25, -0.2) is 0 Å². The van der Waals surface area contributed by atoms with Crippen LogP contribution in [0.1, 0.15) is 24.0 Å².